The molecule has 0 unspecified atom stereocenters. The maximum Gasteiger partial charge on any atom is 0.288 e. The highest BCUT2D eigenvalue weighted by Gasteiger charge is 2.33. The van der Waals surface area contributed by atoms with Crippen LogP contribution in [0.4, 0.5) is 0 Å². The highest BCUT2D eigenvalue weighted by Crippen LogP contribution is 2.31. The van der Waals surface area contributed by atoms with Crippen LogP contribution < -0.4 is 10.2 Å². The van der Waals surface area contributed by atoms with Gasteiger partial charge in [-0.15, -0.1) is 0 Å². The molecule has 0 bridgehead atoms. The van der Waals surface area contributed by atoms with Crippen LogP contribution in [0.15, 0.2) is 15.3 Å². The van der Waals surface area contributed by atoms with E-state index in [9.17, 15) is 9.59 Å². The normalized spacial score (nSPS) is 12.3. The van der Waals surface area contributed by atoms with Crippen molar-refractivity contribution in [1.82, 2.24) is 0 Å². The standard InChI is InChI=1S/C16H24O4/c1-8-19-11-9-10(17)12(13(18)15(2,3)4)14(20-11)16(5,6)7/h9H,8H2,1-7H3. The van der Waals surface area contributed by atoms with Crippen molar-refractivity contribution in [1.29, 1.82) is 0 Å². The first-order chi connectivity index (χ1) is 8.98. The zero-order chi connectivity index (χ0) is 15.7. The molecule has 20 heavy (non-hydrogen) atoms. The molecule has 0 amide bonds. The minimum atomic E-state index is -0.637. The van der Waals surface area contributed by atoms with E-state index in [2.05, 4.69) is 0 Å². The molecule has 0 radical (unpaired) electrons. The molecule has 4 heteroatoms. The minimum absolute atomic E-state index is 0.133. The number of ketones is 1. The topological polar surface area (TPSA) is 56.5 Å². The van der Waals surface area contributed by atoms with Crippen molar-refractivity contribution in [3.63, 3.8) is 0 Å². The van der Waals surface area contributed by atoms with Gasteiger partial charge >= 0.3 is 0 Å². The molecule has 0 aromatic carbocycles. The molecular weight excluding hydrogens is 256 g/mol. The van der Waals surface area contributed by atoms with E-state index in [0.717, 1.165) is 0 Å². The predicted octanol–water partition coefficient (Wildman–Crippen LogP) is 3.56. The fourth-order valence-corrected chi connectivity index (χ4v) is 1.80. The SMILES string of the molecule is CCOc1cc(=O)c(C(=O)C(C)(C)C)c(C(C)(C)C)o1. The summed E-state index contributed by atoms with van der Waals surface area (Å²) in [4.78, 5) is 24.8. The van der Waals surface area contributed by atoms with Gasteiger partial charge < -0.3 is 9.15 Å². The predicted molar refractivity (Wildman–Crippen MR) is 78.6 cm³/mol. The zero-order valence-corrected chi connectivity index (χ0v) is 13.4. The first-order valence-corrected chi connectivity index (χ1v) is 6.84. The summed E-state index contributed by atoms with van der Waals surface area (Å²) in [7, 11) is 0. The Kier molecular flexibility index (Phi) is 4.47. The van der Waals surface area contributed by atoms with Crippen molar-refractivity contribution in [3.05, 3.63) is 27.6 Å². The van der Waals surface area contributed by atoms with Gasteiger partial charge in [-0.2, -0.15) is 0 Å². The first kappa shape index (κ1) is 16.5. The van der Waals surface area contributed by atoms with Crippen molar-refractivity contribution < 1.29 is 13.9 Å². The molecule has 0 fully saturated rings. The average Bonchev–Trinajstić information content (AvgIpc) is 2.25. The fourth-order valence-electron chi connectivity index (χ4n) is 1.80. The summed E-state index contributed by atoms with van der Waals surface area (Å²) in [6.45, 7) is 13.3. The van der Waals surface area contributed by atoms with Gasteiger partial charge in [-0.05, 0) is 6.92 Å². The van der Waals surface area contributed by atoms with E-state index >= 15 is 0 Å². The van der Waals surface area contributed by atoms with E-state index in [-0.39, 0.29) is 22.7 Å². The fraction of sp³-hybridized carbons (Fsp3) is 0.625. The number of rotatable bonds is 3. The molecular formula is C16H24O4. The summed E-state index contributed by atoms with van der Waals surface area (Å²) in [6, 6.07) is 1.25. The second-order valence-electron chi connectivity index (χ2n) is 6.90. The third-order valence-electron chi connectivity index (χ3n) is 2.80. The molecule has 0 aliphatic carbocycles. The van der Waals surface area contributed by atoms with Crippen molar-refractivity contribution in [3.8, 4) is 5.95 Å². The van der Waals surface area contributed by atoms with Crippen LogP contribution in [0.2, 0.25) is 0 Å². The lowest BCUT2D eigenvalue weighted by atomic mass is 9.81. The number of hydrogen-bond acceptors (Lipinski definition) is 4. The summed E-state index contributed by atoms with van der Waals surface area (Å²) < 4.78 is 10.9. The Morgan fingerprint density at radius 2 is 1.75 bits per heavy atom. The second kappa shape index (κ2) is 5.43. The molecule has 0 saturated heterocycles. The Labute approximate surface area is 120 Å². The minimum Gasteiger partial charge on any atom is -0.465 e. The largest absolute Gasteiger partial charge is 0.465 e. The van der Waals surface area contributed by atoms with Crippen LogP contribution in [0, 0.1) is 5.41 Å². The van der Waals surface area contributed by atoms with Crippen LogP contribution in [-0.4, -0.2) is 12.4 Å². The molecule has 0 N–H and O–H groups in total. The molecule has 1 rings (SSSR count). The molecule has 4 nitrogen and oxygen atoms in total. The first-order valence-electron chi connectivity index (χ1n) is 6.84. The smallest absolute Gasteiger partial charge is 0.288 e. The van der Waals surface area contributed by atoms with Crippen molar-refractivity contribution in [2.45, 2.75) is 53.9 Å². The maximum absolute atomic E-state index is 12.5. The highest BCUT2D eigenvalue weighted by atomic mass is 16.6. The number of carbonyl (C=O) groups excluding carboxylic acids is 1. The van der Waals surface area contributed by atoms with Gasteiger partial charge in [0.05, 0.1) is 12.7 Å². The van der Waals surface area contributed by atoms with Gasteiger partial charge in [0.2, 0.25) is 0 Å². The summed E-state index contributed by atoms with van der Waals surface area (Å²) in [5.74, 6) is 0.334. The molecule has 1 heterocycles. The average molecular weight is 280 g/mol. The monoisotopic (exact) mass is 280 g/mol. The van der Waals surface area contributed by atoms with E-state index in [1.165, 1.54) is 6.07 Å². The van der Waals surface area contributed by atoms with Gasteiger partial charge in [0.15, 0.2) is 11.2 Å². The summed E-state index contributed by atoms with van der Waals surface area (Å²) in [5.41, 5.74) is -1.30. The third kappa shape index (κ3) is 3.50. The van der Waals surface area contributed by atoms with Crippen LogP contribution in [-0.2, 0) is 5.41 Å². The Bertz CT molecular complexity index is 553. The number of ether oxygens (including phenoxy) is 1. The number of Topliss-reactive ketones (excluding diaryl/α,β-unsaturated/α-hetero) is 1. The van der Waals surface area contributed by atoms with Gasteiger partial charge in [-0.25, -0.2) is 0 Å². The van der Waals surface area contributed by atoms with Crippen molar-refractivity contribution in [2.75, 3.05) is 6.61 Å². The lowest BCUT2D eigenvalue weighted by Gasteiger charge is -2.24. The molecule has 0 aliphatic heterocycles. The Morgan fingerprint density at radius 1 is 1.20 bits per heavy atom. The Hall–Kier alpha value is -1.58. The van der Waals surface area contributed by atoms with Crippen LogP contribution in [0.25, 0.3) is 0 Å². The number of hydrogen-bond donors (Lipinski definition) is 0. The summed E-state index contributed by atoms with van der Waals surface area (Å²) in [6.07, 6.45) is 0. The molecule has 0 aliphatic rings. The van der Waals surface area contributed by atoms with E-state index < -0.39 is 10.8 Å². The van der Waals surface area contributed by atoms with Gasteiger partial charge in [-0.1, -0.05) is 41.5 Å². The van der Waals surface area contributed by atoms with E-state index in [0.29, 0.717) is 12.4 Å². The van der Waals surface area contributed by atoms with E-state index in [4.69, 9.17) is 9.15 Å². The van der Waals surface area contributed by atoms with E-state index in [1.807, 2.05) is 27.7 Å². The van der Waals surface area contributed by atoms with Gasteiger partial charge in [0.1, 0.15) is 11.3 Å². The maximum atomic E-state index is 12.5. The van der Waals surface area contributed by atoms with E-state index in [1.54, 1.807) is 20.8 Å². The van der Waals surface area contributed by atoms with Crippen LogP contribution in [0.3, 0.4) is 0 Å². The summed E-state index contributed by atoms with van der Waals surface area (Å²) in [5, 5.41) is 0. The van der Waals surface area contributed by atoms with Crippen molar-refractivity contribution in [2.24, 2.45) is 5.41 Å². The van der Waals surface area contributed by atoms with Crippen LogP contribution >= 0.6 is 0 Å². The number of carbonyl (C=O) groups is 1. The third-order valence-corrected chi connectivity index (χ3v) is 2.80. The quantitative estimate of drug-likeness (QED) is 0.794. The van der Waals surface area contributed by atoms with Crippen molar-refractivity contribution >= 4 is 5.78 Å². The molecule has 1 aromatic heterocycles. The molecule has 1 aromatic rings. The van der Waals surface area contributed by atoms with Crippen LogP contribution in [0.1, 0.15) is 64.6 Å². The Balaban J connectivity index is 3.59. The lowest BCUT2D eigenvalue weighted by Crippen LogP contribution is -2.31. The lowest BCUT2D eigenvalue weighted by molar-refractivity contribution is 0.0848. The zero-order valence-electron chi connectivity index (χ0n) is 13.4. The Morgan fingerprint density at radius 3 is 2.15 bits per heavy atom. The molecule has 0 saturated carbocycles. The van der Waals surface area contributed by atoms with Gasteiger partial charge in [-0.3, -0.25) is 9.59 Å². The molecule has 112 valence electrons. The molecule has 0 spiro atoms. The highest BCUT2D eigenvalue weighted by molar-refractivity contribution is 6.00. The molecule has 0 atom stereocenters. The van der Waals surface area contributed by atoms with Gasteiger partial charge in [0, 0.05) is 10.8 Å². The summed E-state index contributed by atoms with van der Waals surface area (Å²) >= 11 is 0. The van der Waals surface area contributed by atoms with Gasteiger partial charge in [0.25, 0.3) is 5.95 Å². The van der Waals surface area contributed by atoms with Crippen LogP contribution in [0.5, 0.6) is 5.95 Å². The second-order valence-corrected chi connectivity index (χ2v) is 6.90.